The zero-order valence-corrected chi connectivity index (χ0v) is 10.5. The third kappa shape index (κ3) is 4.31. The number of hydrogen-bond acceptors (Lipinski definition) is 3. The highest BCUT2D eigenvalue weighted by Gasteiger charge is 2.18. The van der Waals surface area contributed by atoms with Gasteiger partial charge in [-0.1, -0.05) is 19.8 Å². The van der Waals surface area contributed by atoms with Crippen molar-refractivity contribution in [1.82, 2.24) is 0 Å². The van der Waals surface area contributed by atoms with E-state index in [0.29, 0.717) is 6.42 Å². The van der Waals surface area contributed by atoms with Crippen molar-refractivity contribution in [2.45, 2.75) is 32.2 Å². The molecule has 0 aliphatic heterocycles. The molecule has 1 rings (SSSR count). The van der Waals surface area contributed by atoms with Crippen LogP contribution in [0.3, 0.4) is 0 Å². The van der Waals surface area contributed by atoms with Crippen molar-refractivity contribution >= 4 is 11.7 Å². The van der Waals surface area contributed by atoms with Gasteiger partial charge in [0.2, 0.25) is 0 Å². The van der Waals surface area contributed by atoms with Gasteiger partial charge in [0.05, 0.1) is 7.11 Å². The first kappa shape index (κ1) is 14.4. The molecule has 3 nitrogen and oxygen atoms in total. The molecule has 0 saturated heterocycles. The summed E-state index contributed by atoms with van der Waals surface area (Å²) in [6.45, 7) is 2.00. The highest BCUT2D eigenvalue weighted by atomic mass is 19.1. The van der Waals surface area contributed by atoms with Gasteiger partial charge >= 0.3 is 5.97 Å². The maximum atomic E-state index is 13.0. The van der Waals surface area contributed by atoms with Crippen LogP contribution in [0.5, 0.6) is 0 Å². The Morgan fingerprint density at radius 1 is 1.33 bits per heavy atom. The van der Waals surface area contributed by atoms with Crippen LogP contribution in [0, 0.1) is 11.6 Å². The number of carbonyl (C=O) groups excluding carboxylic acids is 1. The zero-order valence-electron chi connectivity index (χ0n) is 10.5. The Hall–Kier alpha value is -1.65. The van der Waals surface area contributed by atoms with Gasteiger partial charge in [0, 0.05) is 11.8 Å². The van der Waals surface area contributed by atoms with E-state index in [4.69, 9.17) is 0 Å². The first-order valence-corrected chi connectivity index (χ1v) is 5.87. The smallest absolute Gasteiger partial charge is 0.328 e. The summed E-state index contributed by atoms with van der Waals surface area (Å²) in [6.07, 6.45) is 2.30. The minimum atomic E-state index is -0.684. The van der Waals surface area contributed by atoms with E-state index in [2.05, 4.69) is 10.1 Å². The highest BCUT2D eigenvalue weighted by molar-refractivity contribution is 5.79. The fourth-order valence-corrected chi connectivity index (χ4v) is 1.64. The van der Waals surface area contributed by atoms with E-state index < -0.39 is 23.6 Å². The summed E-state index contributed by atoms with van der Waals surface area (Å²) in [4.78, 5) is 11.5. The molecule has 1 aromatic carbocycles. The standard InChI is InChI=1S/C13H17F2NO2/c1-3-4-5-12(13(17)18-2)16-11-7-9(14)6-10(15)8-11/h6-8,12,16H,3-5H2,1-2H3. The molecule has 1 N–H and O–H groups in total. The largest absolute Gasteiger partial charge is 0.467 e. The number of anilines is 1. The number of benzene rings is 1. The molecule has 100 valence electrons. The Bertz CT molecular complexity index is 390. The summed E-state index contributed by atoms with van der Waals surface area (Å²) < 4.78 is 30.7. The van der Waals surface area contributed by atoms with E-state index in [0.717, 1.165) is 31.0 Å². The second-order valence-electron chi connectivity index (χ2n) is 4.02. The molecule has 1 atom stereocenters. The lowest BCUT2D eigenvalue weighted by Crippen LogP contribution is -2.30. The second kappa shape index (κ2) is 6.93. The molecule has 0 aliphatic carbocycles. The fraction of sp³-hybridized carbons (Fsp3) is 0.462. The summed E-state index contributed by atoms with van der Waals surface area (Å²) in [6, 6.07) is 2.48. The molecule has 0 bridgehead atoms. The molecule has 0 aliphatic rings. The van der Waals surface area contributed by atoms with Gasteiger partial charge in [0.15, 0.2) is 0 Å². The Morgan fingerprint density at radius 3 is 2.44 bits per heavy atom. The molecule has 0 spiro atoms. The van der Waals surface area contributed by atoms with Crippen LogP contribution in [0.4, 0.5) is 14.5 Å². The molecule has 1 aromatic rings. The van der Waals surface area contributed by atoms with E-state index in [1.165, 1.54) is 7.11 Å². The molecular formula is C13H17F2NO2. The first-order valence-electron chi connectivity index (χ1n) is 5.87. The summed E-state index contributed by atoms with van der Waals surface area (Å²) in [5, 5.41) is 2.79. The van der Waals surface area contributed by atoms with E-state index in [1.54, 1.807) is 0 Å². The topological polar surface area (TPSA) is 38.3 Å². The average molecular weight is 257 g/mol. The van der Waals surface area contributed by atoms with Crippen molar-refractivity contribution in [1.29, 1.82) is 0 Å². The third-order valence-corrected chi connectivity index (χ3v) is 2.54. The van der Waals surface area contributed by atoms with Crippen molar-refractivity contribution in [3.63, 3.8) is 0 Å². The number of hydrogen-bond donors (Lipinski definition) is 1. The zero-order chi connectivity index (χ0) is 13.5. The van der Waals surface area contributed by atoms with E-state index in [1.807, 2.05) is 6.92 Å². The van der Waals surface area contributed by atoms with Crippen molar-refractivity contribution in [2.24, 2.45) is 0 Å². The van der Waals surface area contributed by atoms with Gasteiger partial charge in [-0.05, 0) is 18.6 Å². The van der Waals surface area contributed by atoms with Crippen LogP contribution in [-0.2, 0) is 9.53 Å². The predicted octanol–water partition coefficient (Wildman–Crippen LogP) is 3.11. The number of carbonyl (C=O) groups is 1. The van der Waals surface area contributed by atoms with Crippen LogP contribution < -0.4 is 5.32 Å². The molecule has 0 saturated carbocycles. The van der Waals surface area contributed by atoms with Crippen LogP contribution in [0.2, 0.25) is 0 Å². The molecule has 0 amide bonds. The second-order valence-corrected chi connectivity index (χ2v) is 4.02. The van der Waals surface area contributed by atoms with E-state index >= 15 is 0 Å². The molecule has 0 radical (unpaired) electrons. The molecule has 18 heavy (non-hydrogen) atoms. The highest BCUT2D eigenvalue weighted by Crippen LogP contribution is 2.16. The van der Waals surface area contributed by atoms with Gasteiger partial charge in [-0.25, -0.2) is 13.6 Å². The van der Waals surface area contributed by atoms with Crippen LogP contribution in [0.25, 0.3) is 0 Å². The van der Waals surface area contributed by atoms with Gasteiger partial charge in [-0.2, -0.15) is 0 Å². The van der Waals surface area contributed by atoms with Crippen molar-refractivity contribution in [3.05, 3.63) is 29.8 Å². The lowest BCUT2D eigenvalue weighted by atomic mass is 10.1. The van der Waals surface area contributed by atoms with Gasteiger partial charge in [-0.15, -0.1) is 0 Å². The third-order valence-electron chi connectivity index (χ3n) is 2.54. The van der Waals surface area contributed by atoms with Crippen LogP contribution in [0.15, 0.2) is 18.2 Å². The Balaban J connectivity index is 2.78. The average Bonchev–Trinajstić information content (AvgIpc) is 2.32. The summed E-state index contributed by atoms with van der Waals surface area (Å²) in [5.41, 5.74) is 0.235. The van der Waals surface area contributed by atoms with Crippen LogP contribution >= 0.6 is 0 Å². The minimum Gasteiger partial charge on any atom is -0.467 e. The lowest BCUT2D eigenvalue weighted by molar-refractivity contribution is -0.141. The molecule has 0 fully saturated rings. The van der Waals surface area contributed by atoms with Crippen LogP contribution in [0.1, 0.15) is 26.2 Å². The number of nitrogens with one attached hydrogen (secondary N) is 1. The maximum absolute atomic E-state index is 13.0. The molecule has 5 heteroatoms. The minimum absolute atomic E-state index is 0.235. The van der Waals surface area contributed by atoms with Gasteiger partial charge in [0.1, 0.15) is 17.7 Å². The van der Waals surface area contributed by atoms with Crippen LogP contribution in [-0.4, -0.2) is 19.1 Å². The quantitative estimate of drug-likeness (QED) is 0.796. The lowest BCUT2D eigenvalue weighted by Gasteiger charge is -2.17. The summed E-state index contributed by atoms with van der Waals surface area (Å²) in [7, 11) is 1.29. The summed E-state index contributed by atoms with van der Waals surface area (Å²) in [5.74, 6) is -1.80. The van der Waals surface area contributed by atoms with Crippen molar-refractivity contribution < 1.29 is 18.3 Å². The maximum Gasteiger partial charge on any atom is 0.328 e. The monoisotopic (exact) mass is 257 g/mol. The fourth-order valence-electron chi connectivity index (χ4n) is 1.64. The van der Waals surface area contributed by atoms with Crippen molar-refractivity contribution in [3.8, 4) is 0 Å². The SMILES string of the molecule is CCCCC(Nc1cc(F)cc(F)c1)C(=O)OC. The molecule has 0 aromatic heterocycles. The number of esters is 1. The normalized spacial score (nSPS) is 12.0. The van der Waals surface area contributed by atoms with Crippen molar-refractivity contribution in [2.75, 3.05) is 12.4 Å². The first-order chi connectivity index (χ1) is 8.56. The van der Waals surface area contributed by atoms with Gasteiger partial charge in [0.25, 0.3) is 0 Å². The molecular weight excluding hydrogens is 240 g/mol. The number of methoxy groups -OCH3 is 1. The number of halogens is 2. The van der Waals surface area contributed by atoms with E-state index in [9.17, 15) is 13.6 Å². The van der Waals surface area contributed by atoms with Gasteiger partial charge in [-0.3, -0.25) is 0 Å². The molecule has 1 unspecified atom stereocenters. The summed E-state index contributed by atoms with van der Waals surface area (Å²) >= 11 is 0. The Labute approximate surface area is 105 Å². The number of unbranched alkanes of at least 4 members (excludes halogenated alkanes) is 1. The number of rotatable bonds is 6. The Morgan fingerprint density at radius 2 is 1.94 bits per heavy atom. The van der Waals surface area contributed by atoms with Gasteiger partial charge < -0.3 is 10.1 Å². The number of ether oxygens (including phenoxy) is 1. The predicted molar refractivity (Wildman–Crippen MR) is 65.3 cm³/mol. The van der Waals surface area contributed by atoms with E-state index in [-0.39, 0.29) is 5.69 Å². The Kier molecular flexibility index (Phi) is 5.55. The molecule has 0 heterocycles.